The number of pyridine rings is 1. The average Bonchev–Trinajstić information content (AvgIpc) is 2.63. The van der Waals surface area contributed by atoms with Crippen LogP contribution in [0.5, 0.6) is 5.75 Å². The van der Waals surface area contributed by atoms with Crippen molar-refractivity contribution in [3.05, 3.63) is 53.9 Å². The molecule has 0 aliphatic rings. The van der Waals surface area contributed by atoms with Crippen LogP contribution in [0.2, 0.25) is 0 Å². The molecule has 6 nitrogen and oxygen atoms in total. The minimum atomic E-state index is -0.349. The standard InChI is InChI=1S/C19H23N3O3/c1-4-13(3)21-18(23)14-10-15(12-20-11-14)19(24)22-16-8-6-7-9-17(16)25-5-2/h6-13H,4-5H2,1-3H3,(H,21,23)(H,22,24). The molecule has 0 radical (unpaired) electrons. The number of hydrogen-bond acceptors (Lipinski definition) is 4. The first-order chi connectivity index (χ1) is 12.0. The van der Waals surface area contributed by atoms with Gasteiger partial charge in [-0.25, -0.2) is 0 Å². The Morgan fingerprint density at radius 3 is 2.48 bits per heavy atom. The van der Waals surface area contributed by atoms with Crippen LogP contribution < -0.4 is 15.4 Å². The predicted molar refractivity (Wildman–Crippen MR) is 97.0 cm³/mol. The van der Waals surface area contributed by atoms with E-state index in [1.54, 1.807) is 12.1 Å². The summed E-state index contributed by atoms with van der Waals surface area (Å²) in [5.41, 5.74) is 1.23. The molecule has 0 saturated carbocycles. The largest absolute Gasteiger partial charge is 0.492 e. The summed E-state index contributed by atoms with van der Waals surface area (Å²) in [4.78, 5) is 28.7. The van der Waals surface area contributed by atoms with E-state index in [9.17, 15) is 9.59 Å². The van der Waals surface area contributed by atoms with E-state index in [-0.39, 0.29) is 17.9 Å². The summed E-state index contributed by atoms with van der Waals surface area (Å²) in [5, 5.41) is 5.65. The zero-order valence-electron chi connectivity index (χ0n) is 14.7. The molecule has 2 N–H and O–H groups in total. The van der Waals surface area contributed by atoms with Crippen LogP contribution in [0.15, 0.2) is 42.7 Å². The molecule has 25 heavy (non-hydrogen) atoms. The predicted octanol–water partition coefficient (Wildman–Crippen LogP) is 3.26. The third-order valence-corrected chi connectivity index (χ3v) is 3.69. The van der Waals surface area contributed by atoms with E-state index in [0.29, 0.717) is 29.2 Å². The van der Waals surface area contributed by atoms with Crippen LogP contribution >= 0.6 is 0 Å². The van der Waals surface area contributed by atoms with Crippen LogP contribution in [0.25, 0.3) is 0 Å². The molecule has 2 aromatic rings. The lowest BCUT2D eigenvalue weighted by molar-refractivity contribution is 0.0939. The second-order valence-corrected chi connectivity index (χ2v) is 5.63. The highest BCUT2D eigenvalue weighted by atomic mass is 16.5. The summed E-state index contributed by atoms with van der Waals surface area (Å²) in [7, 11) is 0. The fourth-order valence-electron chi connectivity index (χ4n) is 2.14. The molecule has 132 valence electrons. The van der Waals surface area contributed by atoms with Crippen molar-refractivity contribution >= 4 is 17.5 Å². The lowest BCUT2D eigenvalue weighted by Gasteiger charge is -2.13. The summed E-state index contributed by atoms with van der Waals surface area (Å²) in [5.74, 6) is 0.000960. The number of nitrogens with zero attached hydrogens (tertiary/aromatic N) is 1. The van der Waals surface area contributed by atoms with E-state index in [1.807, 2.05) is 32.9 Å². The zero-order chi connectivity index (χ0) is 18.2. The number of ether oxygens (including phenoxy) is 1. The monoisotopic (exact) mass is 341 g/mol. The van der Waals surface area contributed by atoms with Crippen molar-refractivity contribution in [1.82, 2.24) is 10.3 Å². The van der Waals surface area contributed by atoms with Crippen LogP contribution in [0, 0.1) is 0 Å². The lowest BCUT2D eigenvalue weighted by Crippen LogP contribution is -2.32. The number of benzene rings is 1. The van der Waals surface area contributed by atoms with Crippen molar-refractivity contribution < 1.29 is 14.3 Å². The molecular formula is C19H23N3O3. The number of carbonyl (C=O) groups excluding carboxylic acids is 2. The summed E-state index contributed by atoms with van der Waals surface area (Å²) < 4.78 is 5.50. The van der Waals surface area contributed by atoms with E-state index in [1.165, 1.54) is 18.5 Å². The minimum absolute atomic E-state index is 0.0584. The molecule has 0 aliphatic carbocycles. The van der Waals surface area contributed by atoms with E-state index in [4.69, 9.17) is 4.74 Å². The molecule has 1 unspecified atom stereocenters. The van der Waals surface area contributed by atoms with Gasteiger partial charge in [-0.2, -0.15) is 0 Å². The highest BCUT2D eigenvalue weighted by Gasteiger charge is 2.14. The molecule has 0 bridgehead atoms. The Bertz CT molecular complexity index is 746. The van der Waals surface area contributed by atoms with Crippen molar-refractivity contribution in [1.29, 1.82) is 0 Å². The van der Waals surface area contributed by atoms with E-state index < -0.39 is 0 Å². The first-order valence-corrected chi connectivity index (χ1v) is 8.34. The van der Waals surface area contributed by atoms with Crippen LogP contribution in [-0.2, 0) is 0 Å². The van der Waals surface area contributed by atoms with Gasteiger partial charge in [0.15, 0.2) is 0 Å². The Kier molecular flexibility index (Phi) is 6.51. The fourth-order valence-corrected chi connectivity index (χ4v) is 2.14. The Morgan fingerprint density at radius 1 is 1.12 bits per heavy atom. The van der Waals surface area contributed by atoms with Gasteiger partial charge in [-0.3, -0.25) is 14.6 Å². The normalized spacial score (nSPS) is 11.5. The van der Waals surface area contributed by atoms with Gasteiger partial charge in [0.05, 0.1) is 23.4 Å². The molecule has 0 fully saturated rings. The Balaban J connectivity index is 2.15. The lowest BCUT2D eigenvalue weighted by atomic mass is 10.1. The number of para-hydroxylation sites is 2. The molecule has 2 amide bonds. The van der Waals surface area contributed by atoms with Gasteiger partial charge in [0, 0.05) is 18.4 Å². The molecule has 0 saturated heterocycles. The number of rotatable bonds is 7. The smallest absolute Gasteiger partial charge is 0.257 e. The SMILES string of the molecule is CCOc1ccccc1NC(=O)c1cncc(C(=O)NC(C)CC)c1. The van der Waals surface area contributed by atoms with Gasteiger partial charge >= 0.3 is 0 Å². The van der Waals surface area contributed by atoms with E-state index in [2.05, 4.69) is 15.6 Å². The molecule has 2 rings (SSSR count). The van der Waals surface area contributed by atoms with Crippen molar-refractivity contribution in [2.45, 2.75) is 33.2 Å². The number of nitrogens with one attached hydrogen (secondary N) is 2. The maximum atomic E-state index is 12.5. The van der Waals surface area contributed by atoms with Crippen LogP contribution in [0.3, 0.4) is 0 Å². The maximum Gasteiger partial charge on any atom is 0.257 e. The number of carbonyl (C=O) groups is 2. The average molecular weight is 341 g/mol. The van der Waals surface area contributed by atoms with Crippen LogP contribution in [0.1, 0.15) is 47.9 Å². The van der Waals surface area contributed by atoms with Crippen molar-refractivity contribution in [2.24, 2.45) is 0 Å². The van der Waals surface area contributed by atoms with E-state index in [0.717, 1.165) is 6.42 Å². The van der Waals surface area contributed by atoms with Gasteiger partial charge < -0.3 is 15.4 Å². The maximum absolute atomic E-state index is 12.5. The second kappa shape index (κ2) is 8.82. The van der Waals surface area contributed by atoms with Crippen LogP contribution in [0.4, 0.5) is 5.69 Å². The van der Waals surface area contributed by atoms with Gasteiger partial charge in [0.2, 0.25) is 0 Å². The zero-order valence-corrected chi connectivity index (χ0v) is 14.7. The summed E-state index contributed by atoms with van der Waals surface area (Å²) in [6, 6.07) is 8.78. The molecule has 1 aromatic carbocycles. The molecule has 1 atom stereocenters. The first kappa shape index (κ1) is 18.4. The van der Waals surface area contributed by atoms with Crippen molar-refractivity contribution in [2.75, 3.05) is 11.9 Å². The van der Waals surface area contributed by atoms with Gasteiger partial charge in [-0.15, -0.1) is 0 Å². The summed E-state index contributed by atoms with van der Waals surface area (Å²) >= 11 is 0. The van der Waals surface area contributed by atoms with Crippen molar-refractivity contribution in [3.8, 4) is 5.75 Å². The number of aromatic nitrogens is 1. The topological polar surface area (TPSA) is 80.3 Å². The molecule has 0 aliphatic heterocycles. The summed E-state index contributed by atoms with van der Waals surface area (Å²) in [6.45, 7) is 6.29. The van der Waals surface area contributed by atoms with Crippen molar-refractivity contribution in [3.63, 3.8) is 0 Å². The highest BCUT2D eigenvalue weighted by Crippen LogP contribution is 2.24. The second-order valence-electron chi connectivity index (χ2n) is 5.63. The number of anilines is 1. The quantitative estimate of drug-likeness (QED) is 0.810. The van der Waals surface area contributed by atoms with Gasteiger partial charge in [0.25, 0.3) is 11.8 Å². The molecule has 6 heteroatoms. The molecule has 1 aromatic heterocycles. The van der Waals surface area contributed by atoms with Gasteiger partial charge in [-0.1, -0.05) is 19.1 Å². The third kappa shape index (κ3) is 5.04. The number of hydrogen-bond donors (Lipinski definition) is 2. The Hall–Kier alpha value is -2.89. The number of amides is 2. The fraction of sp³-hybridized carbons (Fsp3) is 0.316. The highest BCUT2D eigenvalue weighted by molar-refractivity contribution is 6.06. The van der Waals surface area contributed by atoms with Gasteiger partial charge in [0.1, 0.15) is 5.75 Å². The minimum Gasteiger partial charge on any atom is -0.492 e. The first-order valence-electron chi connectivity index (χ1n) is 8.34. The Morgan fingerprint density at radius 2 is 1.80 bits per heavy atom. The van der Waals surface area contributed by atoms with Crippen LogP contribution in [-0.4, -0.2) is 29.4 Å². The Labute approximate surface area is 147 Å². The van der Waals surface area contributed by atoms with E-state index >= 15 is 0 Å². The third-order valence-electron chi connectivity index (χ3n) is 3.69. The van der Waals surface area contributed by atoms with Gasteiger partial charge in [-0.05, 0) is 38.5 Å². The molecular weight excluding hydrogens is 318 g/mol. The molecule has 0 spiro atoms. The molecule has 1 heterocycles. The summed E-state index contributed by atoms with van der Waals surface area (Å²) in [6.07, 6.45) is 3.70.